The molecule has 3 amide bonds. The Balaban J connectivity index is 1.38. The minimum atomic E-state index is -0.361. The number of halogens is 1. The maximum Gasteiger partial charge on any atom is 0.321 e. The molecule has 1 aliphatic rings. The molecule has 3 aromatic rings. The van der Waals surface area contributed by atoms with Gasteiger partial charge in [0.2, 0.25) is 5.91 Å². The number of carbonyl (C=O) groups is 2. The molecule has 1 fully saturated rings. The number of hydrogen-bond acceptors (Lipinski definition) is 4. The number of para-hydroxylation sites is 1. The second kappa shape index (κ2) is 6.93. The van der Waals surface area contributed by atoms with E-state index in [-0.39, 0.29) is 24.4 Å². The highest BCUT2D eigenvalue weighted by Crippen LogP contribution is 2.26. The lowest BCUT2D eigenvalue weighted by Gasteiger charge is -2.17. The molecule has 0 unspecified atom stereocenters. The Kier molecular flexibility index (Phi) is 4.48. The third-order valence-corrected chi connectivity index (χ3v) is 5.32. The number of nitrogens with zero attached hydrogens (tertiary/aromatic N) is 2. The van der Waals surface area contributed by atoms with Crippen LogP contribution in [-0.2, 0) is 4.79 Å². The third kappa shape index (κ3) is 3.49. The minimum absolute atomic E-state index is 0.0300. The zero-order valence-corrected chi connectivity index (χ0v) is 15.2. The summed E-state index contributed by atoms with van der Waals surface area (Å²) < 4.78 is 1.01. The Morgan fingerprint density at radius 1 is 1.19 bits per heavy atom. The van der Waals surface area contributed by atoms with Crippen molar-refractivity contribution in [3.63, 3.8) is 0 Å². The summed E-state index contributed by atoms with van der Waals surface area (Å²) in [5, 5.41) is 6.73. The lowest BCUT2D eigenvalue weighted by atomic mass is 10.2. The molecule has 0 saturated carbocycles. The molecule has 1 atom stereocenters. The standard InChI is InChI=1S/C18H15ClN4O2S/c19-11-5-7-13(8-6-11)23-10-12(9-16(23)24)20-17(25)22-18-21-14-3-1-2-4-15(14)26-18/h1-8,12H,9-10H2,(H2,20,21,22,25)/t12-/m0/s1. The van der Waals surface area contributed by atoms with Gasteiger partial charge in [0.25, 0.3) is 0 Å². The normalized spacial score (nSPS) is 16.9. The number of anilines is 2. The first kappa shape index (κ1) is 16.8. The number of urea groups is 1. The summed E-state index contributed by atoms with van der Waals surface area (Å²) in [6.07, 6.45) is 0.260. The van der Waals surface area contributed by atoms with E-state index >= 15 is 0 Å². The van der Waals surface area contributed by atoms with E-state index in [0.717, 1.165) is 15.9 Å². The average molecular weight is 387 g/mol. The number of aromatic nitrogens is 1. The van der Waals surface area contributed by atoms with Gasteiger partial charge in [-0.1, -0.05) is 35.1 Å². The molecule has 2 N–H and O–H groups in total. The summed E-state index contributed by atoms with van der Waals surface area (Å²) >= 11 is 7.29. The SMILES string of the molecule is O=C(Nc1nc2ccccc2s1)N[C@H]1CC(=O)N(c2ccc(Cl)cc2)C1. The highest BCUT2D eigenvalue weighted by molar-refractivity contribution is 7.22. The van der Waals surface area contributed by atoms with Crippen molar-refractivity contribution < 1.29 is 9.59 Å². The van der Waals surface area contributed by atoms with E-state index in [9.17, 15) is 9.59 Å². The lowest BCUT2D eigenvalue weighted by Crippen LogP contribution is -2.39. The number of nitrogens with one attached hydrogen (secondary N) is 2. The van der Waals surface area contributed by atoms with E-state index in [4.69, 9.17) is 11.6 Å². The first-order valence-electron chi connectivity index (χ1n) is 8.07. The maximum absolute atomic E-state index is 12.2. The summed E-state index contributed by atoms with van der Waals surface area (Å²) in [6.45, 7) is 0.424. The van der Waals surface area contributed by atoms with Crippen molar-refractivity contribution in [2.75, 3.05) is 16.8 Å². The summed E-state index contributed by atoms with van der Waals surface area (Å²) in [5.41, 5.74) is 1.62. The van der Waals surface area contributed by atoms with Crippen molar-refractivity contribution in [1.82, 2.24) is 10.3 Å². The number of amides is 3. The molecule has 0 radical (unpaired) electrons. The van der Waals surface area contributed by atoms with E-state index in [1.807, 2.05) is 24.3 Å². The van der Waals surface area contributed by atoms with Gasteiger partial charge < -0.3 is 10.2 Å². The van der Waals surface area contributed by atoms with Gasteiger partial charge >= 0.3 is 6.03 Å². The molecule has 1 saturated heterocycles. The van der Waals surface area contributed by atoms with Crippen LogP contribution in [0.1, 0.15) is 6.42 Å². The average Bonchev–Trinajstić information content (AvgIpc) is 3.18. The van der Waals surface area contributed by atoms with Crippen molar-refractivity contribution in [2.45, 2.75) is 12.5 Å². The number of rotatable bonds is 3. The lowest BCUT2D eigenvalue weighted by molar-refractivity contribution is -0.117. The van der Waals surface area contributed by atoms with Crippen LogP contribution in [0.15, 0.2) is 48.5 Å². The van der Waals surface area contributed by atoms with Crippen molar-refractivity contribution >= 4 is 55.9 Å². The Bertz CT molecular complexity index is 940. The Morgan fingerprint density at radius 3 is 2.73 bits per heavy atom. The highest BCUT2D eigenvalue weighted by atomic mass is 35.5. The molecule has 2 aromatic carbocycles. The number of benzene rings is 2. The molecule has 132 valence electrons. The number of hydrogen-bond donors (Lipinski definition) is 2. The zero-order valence-electron chi connectivity index (χ0n) is 13.6. The van der Waals surface area contributed by atoms with Crippen LogP contribution in [0, 0.1) is 0 Å². The smallest absolute Gasteiger partial charge is 0.321 e. The largest absolute Gasteiger partial charge is 0.333 e. The van der Waals surface area contributed by atoms with Crippen LogP contribution in [0.25, 0.3) is 10.2 Å². The first-order valence-corrected chi connectivity index (χ1v) is 9.27. The van der Waals surface area contributed by atoms with Crippen LogP contribution in [0.4, 0.5) is 15.6 Å². The molecule has 0 spiro atoms. The van der Waals surface area contributed by atoms with Crippen LogP contribution < -0.4 is 15.5 Å². The van der Waals surface area contributed by atoms with Crippen molar-refractivity contribution in [2.24, 2.45) is 0 Å². The van der Waals surface area contributed by atoms with Crippen molar-refractivity contribution in [1.29, 1.82) is 0 Å². The van der Waals surface area contributed by atoms with Gasteiger partial charge in [-0.05, 0) is 36.4 Å². The number of carbonyl (C=O) groups excluding carboxylic acids is 2. The highest BCUT2D eigenvalue weighted by Gasteiger charge is 2.31. The van der Waals surface area contributed by atoms with E-state index in [0.29, 0.717) is 16.7 Å². The van der Waals surface area contributed by atoms with Gasteiger partial charge in [-0.2, -0.15) is 0 Å². The van der Waals surface area contributed by atoms with Gasteiger partial charge in [0, 0.05) is 23.7 Å². The van der Waals surface area contributed by atoms with Gasteiger partial charge in [-0.25, -0.2) is 9.78 Å². The monoisotopic (exact) mass is 386 g/mol. The van der Waals surface area contributed by atoms with Gasteiger partial charge in [0.1, 0.15) is 0 Å². The second-order valence-corrected chi connectivity index (χ2v) is 7.43. The van der Waals surface area contributed by atoms with Crippen LogP contribution in [0.2, 0.25) is 5.02 Å². The van der Waals surface area contributed by atoms with Crippen LogP contribution in [0.5, 0.6) is 0 Å². The molecular weight excluding hydrogens is 372 g/mol. The fourth-order valence-electron chi connectivity index (χ4n) is 2.92. The summed E-state index contributed by atoms with van der Waals surface area (Å²) in [6, 6.07) is 14.1. The van der Waals surface area contributed by atoms with Gasteiger partial charge in [0.15, 0.2) is 5.13 Å². The third-order valence-electron chi connectivity index (χ3n) is 4.11. The van der Waals surface area contributed by atoms with E-state index in [1.165, 1.54) is 11.3 Å². The van der Waals surface area contributed by atoms with Gasteiger partial charge in [-0.15, -0.1) is 0 Å². The fourth-order valence-corrected chi connectivity index (χ4v) is 3.91. The second-order valence-electron chi connectivity index (χ2n) is 5.97. The first-order chi connectivity index (χ1) is 12.6. The van der Waals surface area contributed by atoms with E-state index in [1.54, 1.807) is 29.2 Å². The van der Waals surface area contributed by atoms with Crippen LogP contribution in [-0.4, -0.2) is 29.5 Å². The summed E-state index contributed by atoms with van der Waals surface area (Å²) in [4.78, 5) is 30.5. The predicted octanol–water partition coefficient (Wildman–Crippen LogP) is 3.88. The topological polar surface area (TPSA) is 74.3 Å². The summed E-state index contributed by atoms with van der Waals surface area (Å²) in [5.74, 6) is -0.0300. The fraction of sp³-hybridized carbons (Fsp3) is 0.167. The maximum atomic E-state index is 12.2. The Morgan fingerprint density at radius 2 is 1.96 bits per heavy atom. The molecule has 0 bridgehead atoms. The molecule has 0 aliphatic carbocycles. The quantitative estimate of drug-likeness (QED) is 0.717. The van der Waals surface area contributed by atoms with E-state index < -0.39 is 0 Å². The molecule has 1 aliphatic heterocycles. The molecule has 4 rings (SSSR count). The molecular formula is C18H15ClN4O2S. The Hall–Kier alpha value is -2.64. The molecule has 1 aromatic heterocycles. The summed E-state index contributed by atoms with van der Waals surface area (Å²) in [7, 11) is 0. The van der Waals surface area contributed by atoms with Crippen LogP contribution >= 0.6 is 22.9 Å². The molecule has 26 heavy (non-hydrogen) atoms. The van der Waals surface area contributed by atoms with Crippen LogP contribution in [0.3, 0.4) is 0 Å². The van der Waals surface area contributed by atoms with Crippen molar-refractivity contribution in [3.05, 3.63) is 53.6 Å². The number of thiazole rings is 1. The molecule has 8 heteroatoms. The zero-order chi connectivity index (χ0) is 18.1. The van der Waals surface area contributed by atoms with E-state index in [2.05, 4.69) is 15.6 Å². The number of fused-ring (bicyclic) bond motifs is 1. The van der Waals surface area contributed by atoms with Crippen molar-refractivity contribution in [3.8, 4) is 0 Å². The molecule has 2 heterocycles. The minimum Gasteiger partial charge on any atom is -0.333 e. The molecule has 6 nitrogen and oxygen atoms in total. The Labute approximate surface area is 158 Å². The van der Waals surface area contributed by atoms with Gasteiger partial charge in [-0.3, -0.25) is 10.1 Å². The predicted molar refractivity (Wildman–Crippen MR) is 104 cm³/mol. The van der Waals surface area contributed by atoms with Gasteiger partial charge in [0.05, 0.1) is 16.3 Å².